The zero-order chi connectivity index (χ0) is 17.6. The van der Waals surface area contributed by atoms with Gasteiger partial charge in [0.25, 0.3) is 0 Å². The summed E-state index contributed by atoms with van der Waals surface area (Å²) in [6, 6.07) is 7.56. The first-order chi connectivity index (χ1) is 12.2. The molecule has 1 aromatic carbocycles. The molecule has 7 nitrogen and oxygen atoms in total. The molecule has 0 spiro atoms. The molecule has 2 saturated heterocycles. The Bertz CT molecular complexity index is 616. The van der Waals surface area contributed by atoms with Crippen LogP contribution in [-0.2, 0) is 9.53 Å². The number of ether oxygens (including phenoxy) is 1. The third-order valence-corrected chi connectivity index (χ3v) is 4.78. The summed E-state index contributed by atoms with van der Waals surface area (Å²) in [5, 5.41) is 5.66. The molecule has 2 fully saturated rings. The monoisotopic (exact) mass is 346 g/mol. The first-order valence-corrected chi connectivity index (χ1v) is 8.84. The minimum absolute atomic E-state index is 0.00224. The molecule has 2 heterocycles. The Morgan fingerprint density at radius 3 is 2.60 bits per heavy atom. The number of hydrogen-bond acceptors (Lipinski definition) is 4. The van der Waals surface area contributed by atoms with Gasteiger partial charge in [-0.25, -0.2) is 4.79 Å². The number of nitrogens with one attached hydrogen (secondary N) is 2. The fraction of sp³-hybridized carbons (Fsp3) is 0.556. The van der Waals surface area contributed by atoms with Crippen LogP contribution in [0, 0.1) is 0 Å². The molecule has 3 amide bonds. The predicted octanol–water partition coefficient (Wildman–Crippen LogP) is 1.97. The highest BCUT2D eigenvalue weighted by atomic mass is 16.5. The second-order valence-electron chi connectivity index (χ2n) is 6.62. The van der Waals surface area contributed by atoms with Crippen molar-refractivity contribution in [2.75, 3.05) is 50.5 Å². The molecular weight excluding hydrogens is 320 g/mol. The van der Waals surface area contributed by atoms with E-state index in [4.69, 9.17) is 4.74 Å². The lowest BCUT2D eigenvalue weighted by Gasteiger charge is -2.23. The number of likely N-dealkylation sites (tertiary alicyclic amines) is 2. The van der Waals surface area contributed by atoms with Gasteiger partial charge in [0, 0.05) is 37.6 Å². The fourth-order valence-electron chi connectivity index (χ4n) is 3.54. The van der Waals surface area contributed by atoms with E-state index in [1.165, 1.54) is 20.0 Å². The third kappa shape index (κ3) is 4.70. The molecule has 3 rings (SSSR count). The van der Waals surface area contributed by atoms with Crippen LogP contribution >= 0.6 is 0 Å². The maximum absolute atomic E-state index is 12.5. The van der Waals surface area contributed by atoms with E-state index in [0.29, 0.717) is 17.4 Å². The summed E-state index contributed by atoms with van der Waals surface area (Å²) in [5.74, 6) is -0.223. The van der Waals surface area contributed by atoms with E-state index >= 15 is 0 Å². The standard InChI is InChI=1S/C18H26N4O3/c1-25-13-17(23)19-14-5-4-6-15(11-14)20-18(24)22-10-7-16(12-22)21-8-2-3-9-21/h4-6,11,16H,2-3,7-10,12-13H2,1H3,(H,19,23)(H,20,24)/t16-/m1/s1. The number of benzene rings is 1. The zero-order valence-electron chi connectivity index (χ0n) is 14.7. The Labute approximate surface area is 148 Å². The van der Waals surface area contributed by atoms with Crippen molar-refractivity contribution < 1.29 is 14.3 Å². The Balaban J connectivity index is 1.53. The topological polar surface area (TPSA) is 73.9 Å². The van der Waals surface area contributed by atoms with E-state index in [-0.39, 0.29) is 18.5 Å². The molecule has 1 atom stereocenters. The smallest absolute Gasteiger partial charge is 0.321 e. The lowest BCUT2D eigenvalue weighted by Crippen LogP contribution is -2.38. The Morgan fingerprint density at radius 2 is 1.88 bits per heavy atom. The zero-order valence-corrected chi connectivity index (χ0v) is 14.7. The van der Waals surface area contributed by atoms with Gasteiger partial charge in [-0.3, -0.25) is 9.69 Å². The summed E-state index contributed by atoms with van der Waals surface area (Å²) in [6.45, 7) is 3.89. The molecule has 136 valence electrons. The van der Waals surface area contributed by atoms with Crippen LogP contribution in [0.3, 0.4) is 0 Å². The summed E-state index contributed by atoms with van der Waals surface area (Å²) in [7, 11) is 1.47. The van der Waals surface area contributed by atoms with Crippen LogP contribution in [0.15, 0.2) is 24.3 Å². The van der Waals surface area contributed by atoms with Gasteiger partial charge in [-0.1, -0.05) is 6.07 Å². The van der Waals surface area contributed by atoms with Crippen LogP contribution in [-0.4, -0.2) is 67.7 Å². The van der Waals surface area contributed by atoms with E-state index < -0.39 is 0 Å². The first kappa shape index (κ1) is 17.7. The number of anilines is 2. The van der Waals surface area contributed by atoms with Gasteiger partial charge in [0.1, 0.15) is 6.61 Å². The second kappa shape index (κ2) is 8.31. The Morgan fingerprint density at radius 1 is 1.16 bits per heavy atom. The molecule has 25 heavy (non-hydrogen) atoms. The number of amides is 3. The first-order valence-electron chi connectivity index (χ1n) is 8.84. The lowest BCUT2D eigenvalue weighted by molar-refractivity contribution is -0.119. The van der Waals surface area contributed by atoms with E-state index in [9.17, 15) is 9.59 Å². The van der Waals surface area contributed by atoms with Gasteiger partial charge in [-0.15, -0.1) is 0 Å². The van der Waals surface area contributed by atoms with E-state index in [1.54, 1.807) is 18.2 Å². The van der Waals surface area contributed by atoms with Gasteiger partial charge >= 0.3 is 6.03 Å². The van der Waals surface area contributed by atoms with Crippen LogP contribution in [0.5, 0.6) is 0 Å². The molecule has 0 saturated carbocycles. The number of hydrogen-bond donors (Lipinski definition) is 2. The molecule has 2 aliphatic heterocycles. The largest absolute Gasteiger partial charge is 0.375 e. The van der Waals surface area contributed by atoms with Gasteiger partial charge in [-0.05, 0) is 50.6 Å². The molecule has 0 bridgehead atoms. The summed E-state index contributed by atoms with van der Waals surface area (Å²) >= 11 is 0. The minimum atomic E-state index is -0.223. The van der Waals surface area contributed by atoms with Crippen molar-refractivity contribution in [1.82, 2.24) is 9.80 Å². The average molecular weight is 346 g/mol. The highest BCUT2D eigenvalue weighted by Gasteiger charge is 2.31. The molecule has 0 aliphatic carbocycles. The molecule has 2 aliphatic rings. The van der Waals surface area contributed by atoms with Crippen LogP contribution in [0.4, 0.5) is 16.2 Å². The highest BCUT2D eigenvalue weighted by molar-refractivity contribution is 5.94. The van der Waals surface area contributed by atoms with Crippen LogP contribution in [0.25, 0.3) is 0 Å². The van der Waals surface area contributed by atoms with E-state index in [0.717, 1.165) is 32.6 Å². The molecule has 0 radical (unpaired) electrons. The number of carbonyl (C=O) groups excluding carboxylic acids is 2. The van der Waals surface area contributed by atoms with Crippen LogP contribution in [0.1, 0.15) is 19.3 Å². The van der Waals surface area contributed by atoms with E-state index in [2.05, 4.69) is 15.5 Å². The maximum Gasteiger partial charge on any atom is 0.321 e. The molecule has 1 aromatic rings. The SMILES string of the molecule is COCC(=O)Nc1cccc(NC(=O)N2CC[C@@H](N3CCCC3)C2)c1. The predicted molar refractivity (Wildman–Crippen MR) is 96.8 cm³/mol. The molecule has 7 heteroatoms. The fourth-order valence-corrected chi connectivity index (χ4v) is 3.54. The van der Waals surface area contributed by atoms with E-state index in [1.807, 2.05) is 11.0 Å². The summed E-state index contributed by atoms with van der Waals surface area (Å²) in [5.41, 5.74) is 1.31. The van der Waals surface area contributed by atoms with Crippen molar-refractivity contribution in [3.05, 3.63) is 24.3 Å². The van der Waals surface area contributed by atoms with Crippen LogP contribution < -0.4 is 10.6 Å². The minimum Gasteiger partial charge on any atom is -0.375 e. The van der Waals surface area contributed by atoms with Crippen molar-refractivity contribution in [3.8, 4) is 0 Å². The summed E-state index contributed by atoms with van der Waals surface area (Å²) in [6.07, 6.45) is 3.58. The molecule has 2 N–H and O–H groups in total. The highest BCUT2D eigenvalue weighted by Crippen LogP contribution is 2.22. The second-order valence-corrected chi connectivity index (χ2v) is 6.62. The van der Waals surface area contributed by atoms with Gasteiger partial charge in [0.15, 0.2) is 0 Å². The van der Waals surface area contributed by atoms with Crippen molar-refractivity contribution in [3.63, 3.8) is 0 Å². The van der Waals surface area contributed by atoms with Crippen molar-refractivity contribution in [2.45, 2.75) is 25.3 Å². The van der Waals surface area contributed by atoms with Gasteiger partial charge in [0.2, 0.25) is 5.91 Å². The quantitative estimate of drug-likeness (QED) is 0.855. The number of methoxy groups -OCH3 is 1. The van der Waals surface area contributed by atoms with Crippen LogP contribution in [0.2, 0.25) is 0 Å². The Hall–Kier alpha value is -2.12. The number of nitrogens with zero attached hydrogens (tertiary/aromatic N) is 2. The normalized spacial score (nSPS) is 20.7. The average Bonchev–Trinajstić information content (AvgIpc) is 3.27. The lowest BCUT2D eigenvalue weighted by atomic mass is 10.2. The third-order valence-electron chi connectivity index (χ3n) is 4.78. The Kier molecular flexibility index (Phi) is 5.88. The summed E-state index contributed by atoms with van der Waals surface area (Å²) in [4.78, 5) is 28.5. The van der Waals surface area contributed by atoms with Crippen molar-refractivity contribution >= 4 is 23.3 Å². The maximum atomic E-state index is 12.5. The molecule has 0 unspecified atom stereocenters. The van der Waals surface area contributed by atoms with Gasteiger partial charge in [0.05, 0.1) is 0 Å². The van der Waals surface area contributed by atoms with Gasteiger partial charge in [-0.2, -0.15) is 0 Å². The van der Waals surface area contributed by atoms with Crippen molar-refractivity contribution in [1.29, 1.82) is 0 Å². The number of urea groups is 1. The molecular formula is C18H26N4O3. The number of carbonyl (C=O) groups is 2. The molecule has 0 aromatic heterocycles. The van der Waals surface area contributed by atoms with Gasteiger partial charge < -0.3 is 20.3 Å². The summed E-state index contributed by atoms with van der Waals surface area (Å²) < 4.78 is 4.80. The van der Waals surface area contributed by atoms with Crippen molar-refractivity contribution in [2.24, 2.45) is 0 Å². The number of rotatable bonds is 5.